The molecule has 0 heterocycles. The third kappa shape index (κ3) is 7.31. The summed E-state index contributed by atoms with van der Waals surface area (Å²) in [5.41, 5.74) is 5.62. The minimum Gasteiger partial charge on any atom is -0.490 e. The van der Waals surface area contributed by atoms with Crippen LogP contribution in [0.2, 0.25) is 0 Å². The predicted molar refractivity (Wildman–Crippen MR) is 93.6 cm³/mol. The Labute approximate surface area is 149 Å². The van der Waals surface area contributed by atoms with Gasteiger partial charge in [-0.2, -0.15) is 0 Å². The van der Waals surface area contributed by atoms with Gasteiger partial charge in [0.05, 0.1) is 6.61 Å². The van der Waals surface area contributed by atoms with Gasteiger partial charge in [-0.3, -0.25) is 0 Å². The number of halogens is 2. The second-order valence-corrected chi connectivity index (χ2v) is 7.30. The Kier molecular flexibility index (Phi) is 10.4. The molecule has 0 saturated carbocycles. The van der Waals surface area contributed by atoms with Crippen LogP contribution in [0, 0.1) is 11.7 Å². The van der Waals surface area contributed by atoms with Gasteiger partial charge in [0.2, 0.25) is 10.0 Å². The first kappa shape index (κ1) is 23.1. The van der Waals surface area contributed by atoms with E-state index in [0.29, 0.717) is 13.0 Å². The molecule has 0 aliphatic heterocycles. The highest BCUT2D eigenvalue weighted by Gasteiger charge is 2.24. The number of nitrogens with two attached hydrogens (primary N) is 1. The first-order valence-corrected chi connectivity index (χ1v) is 8.92. The van der Waals surface area contributed by atoms with Crippen molar-refractivity contribution < 1.29 is 22.3 Å². The van der Waals surface area contributed by atoms with Crippen LogP contribution in [0.1, 0.15) is 20.3 Å². The molecule has 24 heavy (non-hydrogen) atoms. The Morgan fingerprint density at radius 2 is 1.96 bits per heavy atom. The number of methoxy groups -OCH3 is 1. The van der Waals surface area contributed by atoms with Gasteiger partial charge < -0.3 is 15.2 Å². The maximum atomic E-state index is 13.5. The zero-order valence-electron chi connectivity index (χ0n) is 14.1. The van der Waals surface area contributed by atoms with Crippen molar-refractivity contribution >= 4 is 22.4 Å². The van der Waals surface area contributed by atoms with Crippen LogP contribution in [0.4, 0.5) is 4.39 Å². The van der Waals surface area contributed by atoms with Gasteiger partial charge >= 0.3 is 0 Å². The van der Waals surface area contributed by atoms with E-state index in [1.165, 1.54) is 13.2 Å². The average molecular weight is 385 g/mol. The van der Waals surface area contributed by atoms with E-state index in [9.17, 15) is 12.8 Å². The van der Waals surface area contributed by atoms with E-state index in [1.807, 2.05) is 13.8 Å². The maximum absolute atomic E-state index is 13.5. The summed E-state index contributed by atoms with van der Waals surface area (Å²) in [7, 11) is -2.44. The van der Waals surface area contributed by atoms with Gasteiger partial charge in [0.1, 0.15) is 23.1 Å². The van der Waals surface area contributed by atoms with E-state index in [4.69, 9.17) is 15.2 Å². The van der Waals surface area contributed by atoms with Crippen LogP contribution < -0.4 is 15.2 Å². The molecule has 0 radical (unpaired) electrons. The van der Waals surface area contributed by atoms with Crippen LogP contribution in [0.3, 0.4) is 0 Å². The summed E-state index contributed by atoms with van der Waals surface area (Å²) < 4.78 is 51.3. The molecular weight excluding hydrogens is 359 g/mol. The van der Waals surface area contributed by atoms with Crippen LogP contribution in [0.5, 0.6) is 5.75 Å². The van der Waals surface area contributed by atoms with Gasteiger partial charge in [0, 0.05) is 19.7 Å². The van der Waals surface area contributed by atoms with Crippen molar-refractivity contribution in [2.24, 2.45) is 11.7 Å². The number of rotatable bonds is 10. The number of hydrogen-bond donors (Lipinski definition) is 2. The monoisotopic (exact) mass is 384 g/mol. The van der Waals surface area contributed by atoms with Gasteiger partial charge in [-0.1, -0.05) is 13.8 Å². The Balaban J connectivity index is 0.00000529. The van der Waals surface area contributed by atoms with Crippen LogP contribution in [-0.4, -0.2) is 41.3 Å². The molecule has 0 fully saturated rings. The number of benzene rings is 1. The Morgan fingerprint density at radius 1 is 1.29 bits per heavy atom. The highest BCUT2D eigenvalue weighted by atomic mass is 35.5. The molecule has 0 amide bonds. The van der Waals surface area contributed by atoms with Gasteiger partial charge in [-0.25, -0.2) is 17.5 Å². The molecule has 1 aromatic carbocycles. The number of nitrogens with one attached hydrogen (secondary N) is 1. The summed E-state index contributed by atoms with van der Waals surface area (Å²) in [6.45, 7) is 4.56. The van der Waals surface area contributed by atoms with E-state index in [0.717, 1.165) is 12.1 Å². The summed E-state index contributed by atoms with van der Waals surface area (Å²) in [4.78, 5) is -0.240. The molecule has 1 unspecified atom stereocenters. The Morgan fingerprint density at radius 3 is 2.50 bits per heavy atom. The second kappa shape index (κ2) is 10.8. The zero-order valence-corrected chi connectivity index (χ0v) is 15.8. The van der Waals surface area contributed by atoms with Gasteiger partial charge in [0.15, 0.2) is 0 Å². The topological polar surface area (TPSA) is 90.6 Å². The van der Waals surface area contributed by atoms with Crippen molar-refractivity contribution in [2.75, 3.05) is 26.9 Å². The average Bonchev–Trinajstić information content (AvgIpc) is 2.47. The van der Waals surface area contributed by atoms with Crippen LogP contribution in [0.25, 0.3) is 0 Å². The van der Waals surface area contributed by atoms with E-state index >= 15 is 0 Å². The molecule has 0 bridgehead atoms. The lowest BCUT2D eigenvalue weighted by molar-refractivity contribution is 0.144. The first-order valence-electron chi connectivity index (χ1n) is 7.43. The fourth-order valence-corrected chi connectivity index (χ4v) is 3.51. The minimum absolute atomic E-state index is 0. The standard InChI is InChI=1S/C15H25FN2O4S.ClH/c1-11(2)8-13(10-17)18-23(19,20)15-9-12(16)4-5-14(15)22-7-6-21-3;/h4-5,9,11,13,18H,6-8,10,17H2,1-3H3;1H. The molecular formula is C15H26ClFN2O4S. The van der Waals surface area contributed by atoms with E-state index < -0.39 is 21.9 Å². The van der Waals surface area contributed by atoms with Gasteiger partial charge in [0.25, 0.3) is 0 Å². The quantitative estimate of drug-likeness (QED) is 0.601. The second-order valence-electron chi connectivity index (χ2n) is 5.62. The molecule has 1 atom stereocenters. The molecule has 0 spiro atoms. The molecule has 1 rings (SSSR count). The van der Waals surface area contributed by atoms with Crippen molar-refractivity contribution in [1.29, 1.82) is 0 Å². The molecule has 9 heteroatoms. The van der Waals surface area contributed by atoms with Crippen LogP contribution >= 0.6 is 12.4 Å². The number of sulfonamides is 1. The molecule has 0 aromatic heterocycles. The predicted octanol–water partition coefficient (Wildman–Crippen LogP) is 1.92. The smallest absolute Gasteiger partial charge is 0.244 e. The lowest BCUT2D eigenvalue weighted by atomic mass is 10.1. The third-order valence-electron chi connectivity index (χ3n) is 3.10. The highest BCUT2D eigenvalue weighted by molar-refractivity contribution is 7.89. The molecule has 3 N–H and O–H groups in total. The van der Waals surface area contributed by atoms with Gasteiger partial charge in [-0.15, -0.1) is 12.4 Å². The first-order chi connectivity index (χ1) is 10.8. The highest BCUT2D eigenvalue weighted by Crippen LogP contribution is 2.25. The van der Waals surface area contributed by atoms with E-state index in [-0.39, 0.29) is 42.1 Å². The molecule has 6 nitrogen and oxygen atoms in total. The Hall–Kier alpha value is -0.930. The fourth-order valence-electron chi connectivity index (χ4n) is 2.09. The van der Waals surface area contributed by atoms with Crippen molar-refractivity contribution in [2.45, 2.75) is 31.2 Å². The molecule has 140 valence electrons. The largest absolute Gasteiger partial charge is 0.490 e. The van der Waals surface area contributed by atoms with Crippen LogP contribution in [0.15, 0.2) is 23.1 Å². The normalized spacial score (nSPS) is 12.8. The van der Waals surface area contributed by atoms with Crippen LogP contribution in [-0.2, 0) is 14.8 Å². The fraction of sp³-hybridized carbons (Fsp3) is 0.600. The van der Waals surface area contributed by atoms with Crippen molar-refractivity contribution in [3.8, 4) is 5.75 Å². The van der Waals surface area contributed by atoms with E-state index in [1.54, 1.807) is 0 Å². The molecule has 0 saturated heterocycles. The molecule has 1 aromatic rings. The summed E-state index contributed by atoms with van der Waals surface area (Å²) in [5.74, 6) is -0.301. The minimum atomic E-state index is -3.94. The lowest BCUT2D eigenvalue weighted by Crippen LogP contribution is -2.41. The number of ether oxygens (including phenoxy) is 2. The summed E-state index contributed by atoms with van der Waals surface area (Å²) in [6, 6.07) is 2.96. The lowest BCUT2D eigenvalue weighted by Gasteiger charge is -2.20. The third-order valence-corrected chi connectivity index (χ3v) is 4.64. The molecule has 0 aliphatic rings. The Bertz CT molecular complexity index is 599. The van der Waals surface area contributed by atoms with Crippen molar-refractivity contribution in [3.05, 3.63) is 24.0 Å². The maximum Gasteiger partial charge on any atom is 0.244 e. The van der Waals surface area contributed by atoms with E-state index in [2.05, 4.69) is 4.72 Å². The zero-order chi connectivity index (χ0) is 17.5. The summed E-state index contributed by atoms with van der Waals surface area (Å²) >= 11 is 0. The SMILES string of the molecule is COCCOc1ccc(F)cc1S(=O)(=O)NC(CN)CC(C)C.Cl. The van der Waals surface area contributed by atoms with Crippen molar-refractivity contribution in [1.82, 2.24) is 4.72 Å². The van der Waals surface area contributed by atoms with Gasteiger partial charge in [-0.05, 0) is 30.5 Å². The van der Waals surface area contributed by atoms with Crippen molar-refractivity contribution in [3.63, 3.8) is 0 Å². The summed E-state index contributed by atoms with van der Waals surface area (Å²) in [6.07, 6.45) is 0.588. The number of hydrogen-bond acceptors (Lipinski definition) is 5. The summed E-state index contributed by atoms with van der Waals surface area (Å²) in [5, 5.41) is 0. The molecule has 0 aliphatic carbocycles.